The Hall–Kier alpha value is -2.08. The number of nitrogens with zero attached hydrogens (tertiary/aromatic N) is 1. The third-order valence-electron chi connectivity index (χ3n) is 3.25. The molecule has 0 unspecified atom stereocenters. The first-order valence-electron chi connectivity index (χ1n) is 6.94. The maximum Gasteiger partial charge on any atom is 0.417 e. The van der Waals surface area contributed by atoms with Crippen LogP contribution in [0.15, 0.2) is 42.7 Å². The summed E-state index contributed by atoms with van der Waals surface area (Å²) in [5.41, 5.74) is 0.212. The molecule has 0 aliphatic carbocycles. The van der Waals surface area contributed by atoms with E-state index < -0.39 is 22.7 Å². The molecule has 1 heterocycles. The van der Waals surface area contributed by atoms with Crippen LogP contribution in [-0.4, -0.2) is 5.91 Å². The molecule has 0 fully saturated rings. The molecule has 1 amide bonds. The molecular weight excluding hydrogens is 329 g/mol. The van der Waals surface area contributed by atoms with Crippen LogP contribution in [0, 0.1) is 0 Å². The zero-order chi connectivity index (χ0) is 17.0. The average molecular weight is 344 g/mol. The number of hydrogen-bond donors (Lipinski definition) is 1. The first kappa shape index (κ1) is 17.3. The molecule has 1 N–H and O–H groups in total. The Balaban J connectivity index is 2.08. The van der Waals surface area contributed by atoms with Gasteiger partial charge in [-0.2, -0.15) is 17.7 Å². The lowest BCUT2D eigenvalue weighted by molar-refractivity contribution is -0.684. The minimum Gasteiger partial charge on any atom is -0.321 e. The third kappa shape index (κ3) is 4.69. The predicted molar refractivity (Wildman–Crippen MR) is 81.1 cm³/mol. The number of aromatic nitrogens is 1. The highest BCUT2D eigenvalue weighted by molar-refractivity contribution is 6.31. The number of alkyl halides is 3. The summed E-state index contributed by atoms with van der Waals surface area (Å²) in [6.45, 7) is 2.03. The van der Waals surface area contributed by atoms with Crippen molar-refractivity contribution in [2.75, 3.05) is 5.32 Å². The molecule has 122 valence electrons. The van der Waals surface area contributed by atoms with Gasteiger partial charge < -0.3 is 5.32 Å². The summed E-state index contributed by atoms with van der Waals surface area (Å²) >= 11 is 5.54. The Morgan fingerprint density at radius 2 is 1.87 bits per heavy atom. The van der Waals surface area contributed by atoms with Gasteiger partial charge in [-0.15, -0.1) is 0 Å². The normalized spacial score (nSPS) is 11.3. The fourth-order valence-corrected chi connectivity index (χ4v) is 2.24. The van der Waals surface area contributed by atoms with Gasteiger partial charge in [-0.25, -0.2) is 0 Å². The molecule has 0 aliphatic rings. The third-order valence-corrected chi connectivity index (χ3v) is 3.58. The fourth-order valence-electron chi connectivity index (χ4n) is 2.02. The fraction of sp³-hybridized carbons (Fsp3) is 0.250. The summed E-state index contributed by atoms with van der Waals surface area (Å²) < 4.78 is 40.0. The lowest BCUT2D eigenvalue weighted by Gasteiger charge is -2.11. The van der Waals surface area contributed by atoms with Crippen LogP contribution in [0.2, 0.25) is 5.02 Å². The number of amides is 1. The Morgan fingerprint density at radius 1 is 1.22 bits per heavy atom. The number of anilines is 1. The van der Waals surface area contributed by atoms with Gasteiger partial charge in [-0.1, -0.05) is 18.5 Å². The van der Waals surface area contributed by atoms with Crippen LogP contribution >= 0.6 is 11.6 Å². The van der Waals surface area contributed by atoms with Gasteiger partial charge in [0.25, 0.3) is 5.91 Å². The van der Waals surface area contributed by atoms with Crippen LogP contribution in [0.1, 0.15) is 18.1 Å². The smallest absolute Gasteiger partial charge is 0.321 e. The van der Waals surface area contributed by atoms with Gasteiger partial charge in [0.05, 0.1) is 10.6 Å². The summed E-state index contributed by atoms with van der Waals surface area (Å²) in [5, 5.41) is 2.04. The molecule has 0 aliphatic heterocycles. The number of carbonyl (C=O) groups excluding carboxylic acids is 1. The highest BCUT2D eigenvalue weighted by Crippen LogP contribution is 2.36. The molecule has 1 aromatic heterocycles. The molecule has 0 spiro atoms. The highest BCUT2D eigenvalue weighted by atomic mass is 35.5. The van der Waals surface area contributed by atoms with Crippen LogP contribution in [0.25, 0.3) is 0 Å². The van der Waals surface area contributed by atoms with E-state index in [1.165, 1.54) is 6.07 Å². The zero-order valence-corrected chi connectivity index (χ0v) is 13.1. The first-order chi connectivity index (χ1) is 10.8. The topological polar surface area (TPSA) is 33.0 Å². The van der Waals surface area contributed by atoms with E-state index in [1.54, 1.807) is 17.0 Å². The minimum atomic E-state index is -4.57. The second-order valence-electron chi connectivity index (χ2n) is 4.97. The zero-order valence-electron chi connectivity index (χ0n) is 12.3. The summed E-state index contributed by atoms with van der Waals surface area (Å²) in [4.78, 5) is 11.9. The number of nitrogens with one attached hydrogen (secondary N) is 1. The standard InChI is InChI=1S/C16H14ClF3N2O/c1-2-11-5-7-22(8-6-11)10-15(23)21-12-3-4-14(17)13(9-12)16(18,19)20/h3-9H,2,10H2,1H3/p+1. The van der Waals surface area contributed by atoms with Crippen molar-refractivity contribution in [3.05, 3.63) is 58.9 Å². The van der Waals surface area contributed by atoms with Crippen molar-refractivity contribution in [2.45, 2.75) is 26.1 Å². The number of pyridine rings is 1. The molecular formula is C16H15ClF3N2O+. The number of aryl methyl sites for hydroxylation is 1. The van der Waals surface area contributed by atoms with Crippen LogP contribution in [0.4, 0.5) is 18.9 Å². The summed E-state index contributed by atoms with van der Waals surface area (Å²) in [5.74, 6) is -0.422. The quantitative estimate of drug-likeness (QED) is 0.840. The number of rotatable bonds is 4. The number of benzene rings is 1. The van der Waals surface area contributed by atoms with Gasteiger partial charge in [-0.3, -0.25) is 4.79 Å². The van der Waals surface area contributed by atoms with Crippen LogP contribution < -0.4 is 9.88 Å². The molecule has 23 heavy (non-hydrogen) atoms. The van der Waals surface area contributed by atoms with Crippen LogP contribution in [0.5, 0.6) is 0 Å². The van der Waals surface area contributed by atoms with Gasteiger partial charge in [0, 0.05) is 17.8 Å². The van der Waals surface area contributed by atoms with Gasteiger partial charge in [0.2, 0.25) is 6.54 Å². The molecule has 0 atom stereocenters. The molecule has 0 radical (unpaired) electrons. The Morgan fingerprint density at radius 3 is 2.43 bits per heavy atom. The van der Waals surface area contributed by atoms with E-state index in [0.717, 1.165) is 24.1 Å². The van der Waals surface area contributed by atoms with Crippen LogP contribution in [-0.2, 0) is 23.9 Å². The molecule has 7 heteroatoms. The van der Waals surface area contributed by atoms with Crippen molar-refractivity contribution in [1.29, 1.82) is 0 Å². The van der Waals surface area contributed by atoms with E-state index in [-0.39, 0.29) is 12.2 Å². The largest absolute Gasteiger partial charge is 0.417 e. The van der Waals surface area contributed by atoms with Crippen molar-refractivity contribution >= 4 is 23.2 Å². The maximum absolute atomic E-state index is 12.8. The minimum absolute atomic E-state index is 0.00791. The van der Waals surface area contributed by atoms with E-state index in [2.05, 4.69) is 5.32 Å². The number of halogens is 4. The number of carbonyl (C=O) groups is 1. The van der Waals surface area contributed by atoms with E-state index >= 15 is 0 Å². The van der Waals surface area contributed by atoms with Crippen molar-refractivity contribution in [3.63, 3.8) is 0 Å². The first-order valence-corrected chi connectivity index (χ1v) is 7.32. The van der Waals surface area contributed by atoms with Gasteiger partial charge in [0.1, 0.15) is 0 Å². The summed E-state index contributed by atoms with van der Waals surface area (Å²) in [7, 11) is 0. The van der Waals surface area contributed by atoms with Crippen LogP contribution in [0.3, 0.4) is 0 Å². The molecule has 0 bridgehead atoms. The van der Waals surface area contributed by atoms with E-state index in [0.29, 0.717) is 0 Å². The molecule has 0 saturated heterocycles. The molecule has 0 saturated carbocycles. The highest BCUT2D eigenvalue weighted by Gasteiger charge is 2.33. The Kier molecular flexibility index (Phi) is 5.26. The summed E-state index contributed by atoms with van der Waals surface area (Å²) in [6, 6.07) is 7.04. The maximum atomic E-state index is 12.8. The lowest BCUT2D eigenvalue weighted by atomic mass is 10.2. The molecule has 2 rings (SSSR count). The van der Waals surface area contributed by atoms with E-state index in [9.17, 15) is 18.0 Å². The second kappa shape index (κ2) is 7.00. The van der Waals surface area contributed by atoms with Crippen molar-refractivity contribution < 1.29 is 22.5 Å². The average Bonchev–Trinajstić information content (AvgIpc) is 2.49. The predicted octanol–water partition coefficient (Wildman–Crippen LogP) is 3.85. The monoisotopic (exact) mass is 343 g/mol. The van der Waals surface area contributed by atoms with Gasteiger partial charge >= 0.3 is 6.18 Å². The van der Waals surface area contributed by atoms with Gasteiger partial charge in [0.15, 0.2) is 12.4 Å². The van der Waals surface area contributed by atoms with Crippen molar-refractivity contribution in [2.24, 2.45) is 0 Å². The SMILES string of the molecule is CCc1cc[n+](CC(=O)Nc2ccc(Cl)c(C(F)(F)F)c2)cc1. The Bertz CT molecular complexity index is 699. The lowest BCUT2D eigenvalue weighted by Crippen LogP contribution is -2.39. The second-order valence-corrected chi connectivity index (χ2v) is 5.38. The van der Waals surface area contributed by atoms with Crippen molar-refractivity contribution in [1.82, 2.24) is 0 Å². The molecule has 3 nitrogen and oxygen atoms in total. The van der Waals surface area contributed by atoms with Crippen molar-refractivity contribution in [3.8, 4) is 0 Å². The Labute approximate surface area is 136 Å². The van der Waals surface area contributed by atoms with E-state index in [4.69, 9.17) is 11.6 Å². The molecule has 2 aromatic rings. The van der Waals surface area contributed by atoms with Gasteiger partial charge in [-0.05, 0) is 30.2 Å². The van der Waals surface area contributed by atoms with E-state index in [1.807, 2.05) is 19.1 Å². The molecule has 1 aromatic carbocycles. The number of hydrogen-bond acceptors (Lipinski definition) is 1. The summed E-state index contributed by atoms with van der Waals surface area (Å²) in [6.07, 6.45) is -0.177.